The van der Waals surface area contributed by atoms with Gasteiger partial charge in [0, 0.05) is 4.75 Å². The van der Waals surface area contributed by atoms with Gasteiger partial charge in [-0.1, -0.05) is 0 Å². The van der Waals surface area contributed by atoms with Crippen molar-refractivity contribution in [2.75, 3.05) is 0 Å². The van der Waals surface area contributed by atoms with Crippen molar-refractivity contribution in [1.82, 2.24) is 11.1 Å². The Morgan fingerprint density at radius 3 is 2.57 bits per heavy atom. The lowest BCUT2D eigenvalue weighted by Crippen LogP contribution is -2.56. The van der Waals surface area contributed by atoms with E-state index in [1.807, 2.05) is 13.8 Å². The third-order valence-electron chi connectivity index (χ3n) is 2.56. The highest BCUT2D eigenvalue weighted by Gasteiger charge is 2.58. The second kappa shape index (κ2) is 3.13. The molecule has 0 aromatic carbocycles. The van der Waals surface area contributed by atoms with Crippen LogP contribution in [0.15, 0.2) is 0 Å². The molecule has 0 aromatic heterocycles. The van der Waals surface area contributed by atoms with Gasteiger partial charge in [0.05, 0.1) is 11.8 Å². The Bertz CT molecular complexity index is 292. The Morgan fingerprint density at radius 1 is 1.64 bits per heavy atom. The first kappa shape index (κ1) is 11.3. The number of hydrogen-bond donors (Lipinski definition) is 2. The zero-order valence-electron chi connectivity index (χ0n) is 8.19. The van der Waals surface area contributed by atoms with Crippen molar-refractivity contribution < 1.29 is 14.7 Å². The lowest BCUT2D eigenvalue weighted by atomic mass is 9.98. The molecule has 0 unspecified atom stereocenters. The molecule has 14 heavy (non-hydrogen) atoms. The Kier molecular flexibility index (Phi) is 2.53. The van der Waals surface area contributed by atoms with Gasteiger partial charge in [-0.2, -0.15) is 0 Å². The fraction of sp³-hybridized carbons (Fsp3) is 0.750. The molecule has 6 heteroatoms. The summed E-state index contributed by atoms with van der Waals surface area (Å²) in [5, 5.41) is 9.08. The van der Waals surface area contributed by atoms with Gasteiger partial charge in [0.15, 0.2) is 0 Å². The first-order chi connectivity index (χ1) is 5.93. The molecule has 1 amide bonds. The van der Waals surface area contributed by atoms with E-state index in [9.17, 15) is 9.59 Å². The summed E-state index contributed by atoms with van der Waals surface area (Å²) in [6.45, 7) is 3.75. The molecular weight excluding hydrogens is 204 g/mol. The van der Waals surface area contributed by atoms with Crippen molar-refractivity contribution >= 4 is 23.6 Å². The largest absolute Gasteiger partial charge is 0.480 e. The number of β-lactam (4-membered cyclic amide) rings is 1. The summed E-state index contributed by atoms with van der Waals surface area (Å²) < 4.78 is -0.358. The SMILES string of the molecule is CC1(C)S[C@@H]2CC(=O)N2[C@H]1C(=O)O.N. The number of hydrogen-bond acceptors (Lipinski definition) is 4. The molecule has 0 radical (unpaired) electrons. The van der Waals surface area contributed by atoms with Gasteiger partial charge in [-0.15, -0.1) is 11.8 Å². The van der Waals surface area contributed by atoms with E-state index in [0.717, 1.165) is 0 Å². The van der Waals surface area contributed by atoms with Gasteiger partial charge in [0.2, 0.25) is 5.91 Å². The topological polar surface area (TPSA) is 92.6 Å². The summed E-state index contributed by atoms with van der Waals surface area (Å²) >= 11 is 1.58. The summed E-state index contributed by atoms with van der Waals surface area (Å²) in [7, 11) is 0. The molecule has 2 atom stereocenters. The predicted octanol–water partition coefficient (Wildman–Crippen LogP) is 0.685. The average Bonchev–Trinajstić information content (AvgIpc) is 2.18. The van der Waals surface area contributed by atoms with Gasteiger partial charge in [0.25, 0.3) is 0 Å². The minimum atomic E-state index is -0.895. The van der Waals surface area contributed by atoms with E-state index in [2.05, 4.69) is 0 Å². The molecule has 0 aromatic rings. The maximum atomic E-state index is 11.2. The highest BCUT2D eigenvalue weighted by atomic mass is 32.2. The summed E-state index contributed by atoms with van der Waals surface area (Å²) in [5.41, 5.74) is 0. The third-order valence-corrected chi connectivity index (χ3v) is 4.05. The second-order valence-corrected chi connectivity index (χ2v) is 5.75. The van der Waals surface area contributed by atoms with Crippen molar-refractivity contribution in [2.24, 2.45) is 0 Å². The number of carboxylic acids is 1. The molecule has 0 aliphatic carbocycles. The van der Waals surface area contributed by atoms with Crippen LogP contribution in [0.3, 0.4) is 0 Å². The second-order valence-electron chi connectivity index (χ2n) is 3.92. The van der Waals surface area contributed by atoms with Crippen molar-refractivity contribution in [3.63, 3.8) is 0 Å². The fourth-order valence-electron chi connectivity index (χ4n) is 1.98. The molecule has 0 spiro atoms. The monoisotopic (exact) mass is 218 g/mol. The van der Waals surface area contributed by atoms with Crippen LogP contribution in [0, 0.1) is 0 Å². The van der Waals surface area contributed by atoms with E-state index >= 15 is 0 Å². The van der Waals surface area contributed by atoms with Crippen LogP contribution in [0.25, 0.3) is 0 Å². The molecule has 2 aliphatic rings. The fourth-order valence-corrected chi connectivity index (χ4v) is 3.60. The van der Waals surface area contributed by atoms with Crippen LogP contribution in [0.5, 0.6) is 0 Å². The number of fused-ring (bicyclic) bond motifs is 1. The molecular formula is C8H14N2O3S. The first-order valence-corrected chi connectivity index (χ1v) is 5.03. The van der Waals surface area contributed by atoms with Gasteiger partial charge in [-0.05, 0) is 13.8 Å². The van der Waals surface area contributed by atoms with Crippen molar-refractivity contribution in [1.29, 1.82) is 0 Å². The van der Waals surface area contributed by atoms with Crippen LogP contribution in [-0.4, -0.2) is 38.0 Å². The molecule has 4 N–H and O–H groups in total. The molecule has 5 nitrogen and oxygen atoms in total. The number of thioether (sulfide) groups is 1. The number of carboxylic acid groups (broad SMARTS) is 1. The third kappa shape index (κ3) is 1.29. The van der Waals surface area contributed by atoms with Crippen molar-refractivity contribution in [2.45, 2.75) is 36.4 Å². The number of nitrogens with zero attached hydrogens (tertiary/aromatic N) is 1. The summed E-state index contributed by atoms with van der Waals surface area (Å²) in [5.74, 6) is -0.927. The van der Waals surface area contributed by atoms with Gasteiger partial charge >= 0.3 is 5.97 Å². The number of carbonyl (C=O) groups is 2. The highest BCUT2D eigenvalue weighted by Crippen LogP contribution is 2.50. The molecule has 2 aliphatic heterocycles. The Balaban J connectivity index is 0.000000980. The molecule has 2 rings (SSSR count). The number of carbonyl (C=O) groups excluding carboxylic acids is 1. The van der Waals surface area contributed by atoms with E-state index in [1.54, 1.807) is 11.8 Å². The molecule has 2 fully saturated rings. The smallest absolute Gasteiger partial charge is 0.327 e. The van der Waals surface area contributed by atoms with Crippen LogP contribution in [0.2, 0.25) is 0 Å². The zero-order valence-corrected chi connectivity index (χ0v) is 9.00. The van der Waals surface area contributed by atoms with E-state index in [1.165, 1.54) is 4.90 Å². The van der Waals surface area contributed by atoms with Gasteiger partial charge in [-0.3, -0.25) is 4.79 Å². The molecule has 0 bridgehead atoms. The minimum absolute atomic E-state index is 0. The highest BCUT2D eigenvalue weighted by molar-refractivity contribution is 8.01. The minimum Gasteiger partial charge on any atom is -0.480 e. The van der Waals surface area contributed by atoms with Gasteiger partial charge in [0.1, 0.15) is 6.04 Å². The average molecular weight is 218 g/mol. The molecule has 2 heterocycles. The van der Waals surface area contributed by atoms with Crippen LogP contribution in [0.1, 0.15) is 20.3 Å². The van der Waals surface area contributed by atoms with E-state index in [-0.39, 0.29) is 22.2 Å². The van der Waals surface area contributed by atoms with E-state index < -0.39 is 12.0 Å². The Morgan fingerprint density at radius 2 is 2.21 bits per heavy atom. The summed E-state index contributed by atoms with van der Waals surface area (Å²) in [4.78, 5) is 23.6. The van der Waals surface area contributed by atoms with E-state index in [4.69, 9.17) is 5.11 Å². The van der Waals surface area contributed by atoms with Gasteiger partial charge < -0.3 is 16.2 Å². The number of aliphatic carboxylic acids is 1. The standard InChI is InChI=1S/C8H11NO3S.H3N/c1-8(2)6(7(11)12)9-4(10)3-5(9)13-8;/h5-6H,3H2,1-2H3,(H,11,12);1H3/t5-,6+;/m1./s1. The Hall–Kier alpha value is -0.750. The normalized spacial score (nSPS) is 33.0. The summed E-state index contributed by atoms with van der Waals surface area (Å²) in [6, 6.07) is -0.649. The van der Waals surface area contributed by atoms with Crippen LogP contribution in [0.4, 0.5) is 0 Å². The first-order valence-electron chi connectivity index (χ1n) is 4.15. The van der Waals surface area contributed by atoms with Crippen molar-refractivity contribution in [3.8, 4) is 0 Å². The maximum absolute atomic E-state index is 11.2. The lowest BCUT2D eigenvalue weighted by molar-refractivity contribution is -0.157. The van der Waals surface area contributed by atoms with Crippen molar-refractivity contribution in [3.05, 3.63) is 0 Å². The quantitative estimate of drug-likeness (QED) is 0.631. The Labute approximate surface area is 86.4 Å². The maximum Gasteiger partial charge on any atom is 0.327 e. The van der Waals surface area contributed by atoms with Crippen LogP contribution < -0.4 is 6.15 Å². The molecule has 2 saturated heterocycles. The number of amides is 1. The lowest BCUT2D eigenvalue weighted by Gasteiger charge is -2.36. The van der Waals surface area contributed by atoms with Gasteiger partial charge in [-0.25, -0.2) is 4.79 Å². The zero-order chi connectivity index (χ0) is 9.80. The number of rotatable bonds is 1. The molecule has 80 valence electrons. The predicted molar refractivity (Wildman–Crippen MR) is 53.4 cm³/mol. The van der Waals surface area contributed by atoms with E-state index in [0.29, 0.717) is 6.42 Å². The summed E-state index contributed by atoms with van der Waals surface area (Å²) in [6.07, 6.45) is 0.498. The van der Waals surface area contributed by atoms with Crippen LogP contribution in [-0.2, 0) is 9.59 Å². The van der Waals surface area contributed by atoms with Crippen LogP contribution >= 0.6 is 11.8 Å². The molecule has 0 saturated carbocycles.